The van der Waals surface area contributed by atoms with Gasteiger partial charge in [0, 0.05) is 24.7 Å². The fourth-order valence-corrected chi connectivity index (χ4v) is 7.02. The molecule has 0 aliphatic heterocycles. The average molecular weight is 376 g/mol. The predicted octanol–water partition coefficient (Wildman–Crippen LogP) is 3.43. The van der Waals surface area contributed by atoms with E-state index in [1.165, 1.54) is 6.92 Å². The second kappa shape index (κ2) is 5.84. The van der Waals surface area contributed by atoms with Crippen LogP contribution in [0.25, 0.3) is 0 Å². The molecule has 2 saturated carbocycles. The van der Waals surface area contributed by atoms with Crippen molar-refractivity contribution in [1.29, 1.82) is 0 Å². The largest absolute Gasteiger partial charge is 0.469 e. The molecule has 0 unspecified atom stereocenters. The fraction of sp³-hybridized carbons (Fsp3) is 0.773. The Hall–Kier alpha value is -1.33. The Morgan fingerprint density at radius 3 is 2.67 bits per heavy atom. The summed E-state index contributed by atoms with van der Waals surface area (Å²) in [5, 5.41) is 23.6. The summed E-state index contributed by atoms with van der Waals surface area (Å²) in [6.45, 7) is 9.69. The Bertz CT molecular complexity index is 752. The highest BCUT2D eigenvalue weighted by Gasteiger charge is 2.72. The second-order valence-corrected chi connectivity index (χ2v) is 9.92. The topological polar surface area (TPSA) is 79.9 Å². The van der Waals surface area contributed by atoms with Crippen molar-refractivity contribution >= 4 is 5.97 Å². The Morgan fingerprint density at radius 2 is 2.00 bits per heavy atom. The number of hydrogen-bond donors (Lipinski definition) is 2. The zero-order chi connectivity index (χ0) is 19.8. The van der Waals surface area contributed by atoms with Gasteiger partial charge >= 0.3 is 5.97 Å². The third-order valence-corrected chi connectivity index (χ3v) is 8.36. The summed E-state index contributed by atoms with van der Waals surface area (Å²) in [6, 6.07) is 1.99. The lowest BCUT2D eigenvalue weighted by Crippen LogP contribution is -2.76. The van der Waals surface area contributed by atoms with E-state index in [2.05, 4.69) is 13.8 Å². The summed E-state index contributed by atoms with van der Waals surface area (Å²) < 4.78 is 11.5. The summed E-state index contributed by atoms with van der Waals surface area (Å²) in [7, 11) is 0. The summed E-state index contributed by atoms with van der Waals surface area (Å²) in [4.78, 5) is 11.9. The molecule has 2 N–H and O–H groups in total. The van der Waals surface area contributed by atoms with Crippen LogP contribution in [-0.2, 0) is 16.0 Å². The van der Waals surface area contributed by atoms with Gasteiger partial charge in [0.15, 0.2) is 0 Å². The van der Waals surface area contributed by atoms with E-state index < -0.39 is 34.6 Å². The minimum Gasteiger partial charge on any atom is -0.469 e. The first-order valence-electron chi connectivity index (χ1n) is 10.2. The van der Waals surface area contributed by atoms with Crippen molar-refractivity contribution in [3.8, 4) is 0 Å². The molecule has 1 aromatic rings. The van der Waals surface area contributed by atoms with Gasteiger partial charge in [-0.1, -0.05) is 34.1 Å². The lowest BCUT2D eigenvalue weighted by molar-refractivity contribution is -0.315. The number of esters is 1. The predicted molar refractivity (Wildman–Crippen MR) is 100 cm³/mol. The van der Waals surface area contributed by atoms with Crippen LogP contribution in [-0.4, -0.2) is 34.0 Å². The van der Waals surface area contributed by atoms with Crippen LogP contribution >= 0.6 is 0 Å². The van der Waals surface area contributed by atoms with Crippen LogP contribution in [0.4, 0.5) is 0 Å². The highest BCUT2D eigenvalue weighted by atomic mass is 16.6. The van der Waals surface area contributed by atoms with Crippen molar-refractivity contribution in [2.75, 3.05) is 0 Å². The van der Waals surface area contributed by atoms with E-state index in [0.717, 1.165) is 30.6 Å². The molecular formula is C22H32O5. The standard InChI is InChI=1S/C22H32O5/c1-12-14-7-10-26-16(14)11-15-17(12)18(27-13(2)23)19(24)22(25)20(3,4)8-6-9-21(15,22)5/h7,10,12,15,17-19,24-25H,6,8-9,11H2,1-5H3/t12-,15-,17-,18+,19+,21+,22+/m0/s1. The molecule has 27 heavy (non-hydrogen) atoms. The van der Waals surface area contributed by atoms with Crippen LogP contribution in [0.3, 0.4) is 0 Å². The van der Waals surface area contributed by atoms with Crippen molar-refractivity contribution < 1.29 is 24.2 Å². The van der Waals surface area contributed by atoms with Gasteiger partial charge in [0.1, 0.15) is 23.6 Å². The fourth-order valence-electron chi connectivity index (χ4n) is 7.02. The maximum Gasteiger partial charge on any atom is 0.303 e. The molecule has 0 bridgehead atoms. The molecule has 3 aliphatic carbocycles. The van der Waals surface area contributed by atoms with E-state index in [1.807, 2.05) is 19.9 Å². The molecule has 5 heteroatoms. The molecule has 150 valence electrons. The molecule has 0 radical (unpaired) electrons. The molecule has 0 amide bonds. The first-order chi connectivity index (χ1) is 12.5. The van der Waals surface area contributed by atoms with Gasteiger partial charge in [-0.3, -0.25) is 4.79 Å². The molecular weight excluding hydrogens is 344 g/mol. The SMILES string of the molecule is CC(=O)O[C@@H]1[C@H]2[C@@H](C)c3ccoc3C[C@@H]2[C@@]2(C)CCCC(C)(C)[C@]2(O)[C@@H]1O. The number of ether oxygens (including phenoxy) is 1. The molecule has 0 spiro atoms. The van der Waals surface area contributed by atoms with Crippen LogP contribution < -0.4 is 0 Å². The molecule has 3 aliphatic rings. The molecule has 5 nitrogen and oxygen atoms in total. The summed E-state index contributed by atoms with van der Waals surface area (Å²) in [5.41, 5.74) is -1.16. The van der Waals surface area contributed by atoms with E-state index in [4.69, 9.17) is 9.15 Å². The van der Waals surface area contributed by atoms with Gasteiger partial charge in [-0.05, 0) is 41.7 Å². The van der Waals surface area contributed by atoms with Gasteiger partial charge < -0.3 is 19.4 Å². The van der Waals surface area contributed by atoms with Gasteiger partial charge in [0.2, 0.25) is 0 Å². The first kappa shape index (κ1) is 19.0. The van der Waals surface area contributed by atoms with Crippen molar-refractivity contribution in [1.82, 2.24) is 0 Å². The molecule has 1 aromatic heterocycles. The lowest BCUT2D eigenvalue weighted by Gasteiger charge is -2.68. The number of furan rings is 1. The Balaban J connectivity index is 1.91. The van der Waals surface area contributed by atoms with Crippen molar-refractivity contribution in [3.05, 3.63) is 23.7 Å². The third kappa shape index (κ3) is 2.27. The molecule has 7 atom stereocenters. The molecule has 2 fully saturated rings. The zero-order valence-corrected chi connectivity index (χ0v) is 17.0. The van der Waals surface area contributed by atoms with E-state index in [0.29, 0.717) is 6.42 Å². The summed E-state index contributed by atoms with van der Waals surface area (Å²) >= 11 is 0. The second-order valence-electron chi connectivity index (χ2n) is 9.92. The number of rotatable bonds is 1. The van der Waals surface area contributed by atoms with Crippen molar-refractivity contribution in [2.45, 2.75) is 84.0 Å². The molecule has 0 saturated heterocycles. The van der Waals surface area contributed by atoms with Crippen molar-refractivity contribution in [3.63, 3.8) is 0 Å². The van der Waals surface area contributed by atoms with Crippen LogP contribution in [0, 0.1) is 22.7 Å². The minimum absolute atomic E-state index is 0.0480. The number of aliphatic hydroxyl groups is 2. The van der Waals surface area contributed by atoms with Gasteiger partial charge in [-0.25, -0.2) is 0 Å². The number of hydrogen-bond acceptors (Lipinski definition) is 5. The number of carbonyl (C=O) groups is 1. The normalized spacial score (nSPS) is 45.4. The molecule has 1 heterocycles. The number of carbonyl (C=O) groups excluding carboxylic acids is 1. The highest BCUT2D eigenvalue weighted by Crippen LogP contribution is 2.67. The van der Waals surface area contributed by atoms with E-state index in [9.17, 15) is 15.0 Å². The average Bonchev–Trinajstić information content (AvgIpc) is 3.04. The van der Waals surface area contributed by atoms with Crippen LogP contribution in [0.2, 0.25) is 0 Å². The van der Waals surface area contributed by atoms with E-state index >= 15 is 0 Å². The molecule has 4 rings (SSSR count). The van der Waals surface area contributed by atoms with E-state index in [1.54, 1.807) is 6.26 Å². The minimum atomic E-state index is -1.33. The quantitative estimate of drug-likeness (QED) is 0.734. The lowest BCUT2D eigenvalue weighted by atomic mass is 9.40. The van der Waals surface area contributed by atoms with Gasteiger partial charge in [0.05, 0.1) is 6.26 Å². The zero-order valence-electron chi connectivity index (χ0n) is 17.0. The maximum atomic E-state index is 12.1. The van der Waals surface area contributed by atoms with Crippen molar-refractivity contribution in [2.24, 2.45) is 22.7 Å². The summed E-state index contributed by atoms with van der Waals surface area (Å²) in [5.74, 6) is 0.664. The van der Waals surface area contributed by atoms with Gasteiger partial charge in [0.25, 0.3) is 0 Å². The Kier molecular flexibility index (Phi) is 4.11. The monoisotopic (exact) mass is 376 g/mol. The Morgan fingerprint density at radius 1 is 1.30 bits per heavy atom. The van der Waals surface area contributed by atoms with Gasteiger partial charge in [-0.2, -0.15) is 0 Å². The smallest absolute Gasteiger partial charge is 0.303 e. The van der Waals surface area contributed by atoms with Crippen LogP contribution in [0.5, 0.6) is 0 Å². The van der Waals surface area contributed by atoms with Crippen LogP contribution in [0.1, 0.15) is 71.1 Å². The first-order valence-corrected chi connectivity index (χ1v) is 10.2. The summed E-state index contributed by atoms with van der Waals surface area (Å²) in [6.07, 6.45) is 3.29. The van der Waals surface area contributed by atoms with Gasteiger partial charge in [-0.15, -0.1) is 0 Å². The van der Waals surface area contributed by atoms with E-state index in [-0.39, 0.29) is 17.8 Å². The maximum absolute atomic E-state index is 12.1. The van der Waals surface area contributed by atoms with Crippen LogP contribution in [0.15, 0.2) is 16.7 Å². The molecule has 0 aromatic carbocycles. The number of aliphatic hydroxyl groups excluding tert-OH is 1. The third-order valence-electron chi connectivity index (χ3n) is 8.36. The highest BCUT2D eigenvalue weighted by molar-refractivity contribution is 5.66. The Labute approximate surface area is 161 Å². The number of fused-ring (bicyclic) bond motifs is 4.